The van der Waals surface area contributed by atoms with Gasteiger partial charge in [0.1, 0.15) is 5.75 Å². The molecule has 1 fully saturated rings. The fraction of sp³-hybridized carbons (Fsp3) is 0.700. The highest BCUT2D eigenvalue weighted by atomic mass is 16.5. The molecule has 4 N–H and O–H groups in total. The molecule has 0 spiro atoms. The fourth-order valence-corrected chi connectivity index (χ4v) is 3.34. The number of carbonyl (C=O) groups is 1. The number of hydrogen-bond donors (Lipinski definition) is 3. The number of pyridine rings is 1. The first-order valence-electron chi connectivity index (χ1n) is 9.49. The van der Waals surface area contributed by atoms with Crippen LogP contribution < -0.4 is 10.5 Å². The fourth-order valence-electron chi connectivity index (χ4n) is 3.34. The summed E-state index contributed by atoms with van der Waals surface area (Å²) in [7, 11) is 1.60. The van der Waals surface area contributed by atoms with E-state index in [0.29, 0.717) is 17.9 Å². The summed E-state index contributed by atoms with van der Waals surface area (Å²) >= 11 is 0. The zero-order chi connectivity index (χ0) is 19.3. The number of ether oxygens (including phenoxy) is 1. The van der Waals surface area contributed by atoms with Crippen LogP contribution in [0.15, 0.2) is 12.3 Å². The van der Waals surface area contributed by atoms with Crippen molar-refractivity contribution in [1.29, 1.82) is 0 Å². The molecule has 2 rings (SSSR count). The minimum atomic E-state index is -2.03. The molecule has 1 aliphatic carbocycles. The van der Waals surface area contributed by atoms with Gasteiger partial charge in [-0.15, -0.1) is 0 Å². The van der Waals surface area contributed by atoms with Gasteiger partial charge >= 0.3 is 5.97 Å². The van der Waals surface area contributed by atoms with Gasteiger partial charge in [-0.05, 0) is 42.7 Å². The Balaban J connectivity index is 2.15. The van der Waals surface area contributed by atoms with Gasteiger partial charge in [0.25, 0.3) is 0 Å². The van der Waals surface area contributed by atoms with Crippen molar-refractivity contribution in [2.45, 2.75) is 70.4 Å². The van der Waals surface area contributed by atoms with Crippen molar-refractivity contribution in [3.05, 3.63) is 23.5 Å². The normalized spacial score (nSPS) is 17.8. The van der Waals surface area contributed by atoms with Gasteiger partial charge in [0.05, 0.1) is 13.3 Å². The highest BCUT2D eigenvalue weighted by molar-refractivity contribution is 5.78. The molecular formula is C20H32N2O4. The Hall–Kier alpha value is -1.66. The molecule has 0 radical (unpaired) electrons. The standard InChI is InChI=1S/C20H32N2O4/c1-13(2)9-18(21)20(25,19(23)24)11-16-10-15(17(26-3)12-22-16)6-4-5-14-7-8-14/h10,12-14,18,25H,4-9,11,21H2,1-3H3,(H,23,24)/t18-,20+/m0/s1. The quantitative estimate of drug-likeness (QED) is 0.557. The highest BCUT2D eigenvalue weighted by Gasteiger charge is 2.43. The number of aromatic nitrogens is 1. The molecule has 0 amide bonds. The van der Waals surface area contributed by atoms with E-state index in [4.69, 9.17) is 10.5 Å². The first kappa shape index (κ1) is 20.6. The van der Waals surface area contributed by atoms with Crippen LogP contribution in [0.5, 0.6) is 5.75 Å². The maximum Gasteiger partial charge on any atom is 0.337 e. The predicted molar refractivity (Wildman–Crippen MR) is 100 cm³/mol. The van der Waals surface area contributed by atoms with Gasteiger partial charge in [-0.3, -0.25) is 4.98 Å². The lowest BCUT2D eigenvalue weighted by Crippen LogP contribution is -2.56. The van der Waals surface area contributed by atoms with E-state index in [1.165, 1.54) is 19.3 Å². The number of methoxy groups -OCH3 is 1. The lowest BCUT2D eigenvalue weighted by molar-refractivity contribution is -0.161. The van der Waals surface area contributed by atoms with Crippen LogP contribution in [0.1, 0.15) is 57.2 Å². The highest BCUT2D eigenvalue weighted by Crippen LogP contribution is 2.34. The van der Waals surface area contributed by atoms with Crippen LogP contribution in [-0.4, -0.2) is 39.9 Å². The Bertz CT molecular complexity index is 616. The van der Waals surface area contributed by atoms with Crippen LogP contribution in [0, 0.1) is 11.8 Å². The largest absolute Gasteiger partial charge is 0.495 e. The molecule has 0 unspecified atom stereocenters. The van der Waals surface area contributed by atoms with E-state index in [-0.39, 0.29) is 12.3 Å². The number of aliphatic carboxylic acids is 1. The van der Waals surface area contributed by atoms with Gasteiger partial charge in [0.15, 0.2) is 5.60 Å². The number of aryl methyl sites for hydroxylation is 1. The van der Waals surface area contributed by atoms with E-state index in [1.807, 2.05) is 19.9 Å². The predicted octanol–water partition coefficient (Wildman–Crippen LogP) is 2.55. The zero-order valence-electron chi connectivity index (χ0n) is 16.1. The minimum Gasteiger partial charge on any atom is -0.495 e. The lowest BCUT2D eigenvalue weighted by Gasteiger charge is -2.30. The van der Waals surface area contributed by atoms with Crippen LogP contribution in [0.3, 0.4) is 0 Å². The summed E-state index contributed by atoms with van der Waals surface area (Å²) in [5.74, 6) is 0.458. The molecule has 6 heteroatoms. The molecule has 1 heterocycles. The second-order valence-corrected chi connectivity index (χ2v) is 7.97. The topological polar surface area (TPSA) is 106 Å². The van der Waals surface area contributed by atoms with E-state index in [2.05, 4.69) is 4.98 Å². The maximum absolute atomic E-state index is 11.7. The Morgan fingerprint density at radius 3 is 2.69 bits per heavy atom. The van der Waals surface area contributed by atoms with Gasteiger partial charge in [0, 0.05) is 18.2 Å². The SMILES string of the molecule is COc1cnc(C[C@](O)(C(=O)O)[C@@H](N)CC(C)C)cc1CCCC1CC1. The van der Waals surface area contributed by atoms with Crippen molar-refractivity contribution in [2.75, 3.05) is 7.11 Å². The molecule has 0 aliphatic heterocycles. The second-order valence-electron chi connectivity index (χ2n) is 7.97. The number of aliphatic hydroxyl groups is 1. The molecule has 0 aromatic carbocycles. The van der Waals surface area contributed by atoms with Crippen LogP contribution >= 0.6 is 0 Å². The molecule has 1 aromatic rings. The molecule has 1 aromatic heterocycles. The van der Waals surface area contributed by atoms with E-state index in [1.54, 1.807) is 13.3 Å². The molecule has 1 saturated carbocycles. The number of carboxylic acid groups (broad SMARTS) is 1. The number of hydrogen-bond acceptors (Lipinski definition) is 5. The summed E-state index contributed by atoms with van der Waals surface area (Å²) < 4.78 is 5.39. The van der Waals surface area contributed by atoms with Gasteiger partial charge in [-0.1, -0.05) is 33.1 Å². The third-order valence-electron chi connectivity index (χ3n) is 5.14. The molecule has 146 valence electrons. The lowest BCUT2D eigenvalue weighted by atomic mass is 9.84. The molecular weight excluding hydrogens is 332 g/mol. The van der Waals surface area contributed by atoms with Crippen molar-refractivity contribution >= 4 is 5.97 Å². The maximum atomic E-state index is 11.7. The zero-order valence-corrected chi connectivity index (χ0v) is 16.1. The van der Waals surface area contributed by atoms with E-state index in [0.717, 1.165) is 24.3 Å². The number of carboxylic acids is 1. The first-order chi connectivity index (χ1) is 12.3. The van der Waals surface area contributed by atoms with Crippen molar-refractivity contribution in [3.63, 3.8) is 0 Å². The summed E-state index contributed by atoms with van der Waals surface area (Å²) in [5.41, 5.74) is 5.53. The number of nitrogens with zero attached hydrogens (tertiary/aromatic N) is 1. The number of nitrogens with two attached hydrogens (primary N) is 1. The third kappa shape index (κ3) is 5.42. The molecule has 0 bridgehead atoms. The Kier molecular flexibility index (Phi) is 7.01. The van der Waals surface area contributed by atoms with Crippen molar-refractivity contribution in [3.8, 4) is 5.75 Å². The van der Waals surface area contributed by atoms with Crippen LogP contribution in [-0.2, 0) is 17.6 Å². The summed E-state index contributed by atoms with van der Waals surface area (Å²) in [5, 5.41) is 20.3. The van der Waals surface area contributed by atoms with Crippen molar-refractivity contribution in [1.82, 2.24) is 4.98 Å². The summed E-state index contributed by atoms with van der Waals surface area (Å²) in [6.45, 7) is 3.90. The van der Waals surface area contributed by atoms with Crippen LogP contribution in [0.2, 0.25) is 0 Å². The Morgan fingerprint density at radius 1 is 1.46 bits per heavy atom. The molecule has 6 nitrogen and oxygen atoms in total. The summed E-state index contributed by atoms with van der Waals surface area (Å²) in [4.78, 5) is 16.0. The van der Waals surface area contributed by atoms with Crippen LogP contribution in [0.4, 0.5) is 0 Å². The molecule has 0 saturated heterocycles. The average molecular weight is 364 g/mol. The van der Waals surface area contributed by atoms with Gasteiger partial charge < -0.3 is 20.7 Å². The Morgan fingerprint density at radius 2 is 2.15 bits per heavy atom. The van der Waals surface area contributed by atoms with Gasteiger partial charge in [0.2, 0.25) is 0 Å². The van der Waals surface area contributed by atoms with E-state index < -0.39 is 17.6 Å². The average Bonchev–Trinajstić information content (AvgIpc) is 3.38. The van der Waals surface area contributed by atoms with E-state index >= 15 is 0 Å². The number of rotatable bonds is 11. The van der Waals surface area contributed by atoms with E-state index in [9.17, 15) is 15.0 Å². The smallest absolute Gasteiger partial charge is 0.337 e. The molecule has 2 atom stereocenters. The summed E-state index contributed by atoms with van der Waals surface area (Å²) in [6.07, 6.45) is 7.72. The first-order valence-corrected chi connectivity index (χ1v) is 9.49. The minimum absolute atomic E-state index is 0.115. The van der Waals surface area contributed by atoms with Gasteiger partial charge in [-0.2, -0.15) is 0 Å². The summed E-state index contributed by atoms with van der Waals surface area (Å²) in [6, 6.07) is 0.990. The Labute approximate surface area is 155 Å². The third-order valence-corrected chi connectivity index (χ3v) is 5.14. The molecule has 1 aliphatic rings. The van der Waals surface area contributed by atoms with Crippen molar-refractivity contribution in [2.24, 2.45) is 17.6 Å². The second kappa shape index (κ2) is 8.82. The van der Waals surface area contributed by atoms with Crippen LogP contribution in [0.25, 0.3) is 0 Å². The van der Waals surface area contributed by atoms with Gasteiger partial charge in [-0.25, -0.2) is 4.79 Å². The monoisotopic (exact) mass is 364 g/mol. The van der Waals surface area contributed by atoms with Crippen molar-refractivity contribution < 1.29 is 19.7 Å². The molecule has 26 heavy (non-hydrogen) atoms.